The van der Waals surface area contributed by atoms with Crippen molar-refractivity contribution >= 4 is 0 Å². The van der Waals surface area contributed by atoms with Crippen LogP contribution in [0.25, 0.3) is 0 Å². The number of nitrogens with one attached hydrogen (secondary N) is 1. The molecule has 0 saturated carbocycles. The Labute approximate surface area is 115 Å². The molecule has 0 aliphatic rings. The van der Waals surface area contributed by atoms with Crippen LogP contribution in [0.5, 0.6) is 0 Å². The zero-order valence-corrected chi connectivity index (χ0v) is 12.2. The predicted molar refractivity (Wildman–Crippen MR) is 79.2 cm³/mol. The van der Waals surface area contributed by atoms with Crippen LogP contribution in [0.3, 0.4) is 0 Å². The fraction of sp³-hybridized carbons (Fsp3) is 0.438. The van der Waals surface area contributed by atoms with E-state index in [2.05, 4.69) is 56.3 Å². The highest BCUT2D eigenvalue weighted by atomic mass is 15.3. The van der Waals surface area contributed by atoms with Crippen LogP contribution in [-0.4, -0.2) is 15.8 Å². The monoisotopic (exact) mass is 257 g/mol. The van der Waals surface area contributed by atoms with Gasteiger partial charge in [0, 0.05) is 24.5 Å². The van der Waals surface area contributed by atoms with Gasteiger partial charge in [-0.2, -0.15) is 5.10 Å². The van der Waals surface area contributed by atoms with E-state index in [4.69, 9.17) is 0 Å². The highest BCUT2D eigenvalue weighted by molar-refractivity contribution is 5.32. The lowest BCUT2D eigenvalue weighted by Gasteiger charge is -2.22. The molecule has 102 valence electrons. The maximum atomic E-state index is 4.24. The summed E-state index contributed by atoms with van der Waals surface area (Å²) in [7, 11) is 0. The van der Waals surface area contributed by atoms with E-state index in [1.54, 1.807) is 0 Å². The molecule has 2 unspecified atom stereocenters. The SMILES string of the molecule is Cc1ccc(C)c(C(C)NC(C)Cn2cccn2)c1. The number of aromatic nitrogens is 2. The molecule has 3 nitrogen and oxygen atoms in total. The summed E-state index contributed by atoms with van der Waals surface area (Å²) in [6, 6.07) is 9.33. The second kappa shape index (κ2) is 6.02. The Kier molecular flexibility index (Phi) is 4.38. The largest absolute Gasteiger partial charge is 0.306 e. The van der Waals surface area contributed by atoms with Gasteiger partial charge >= 0.3 is 0 Å². The van der Waals surface area contributed by atoms with Gasteiger partial charge in [-0.05, 0) is 44.9 Å². The number of aryl methyl sites for hydroxylation is 2. The van der Waals surface area contributed by atoms with Gasteiger partial charge < -0.3 is 5.32 Å². The van der Waals surface area contributed by atoms with Crippen molar-refractivity contribution in [2.24, 2.45) is 0 Å². The lowest BCUT2D eigenvalue weighted by molar-refractivity contribution is 0.412. The first-order valence-electron chi connectivity index (χ1n) is 6.87. The standard InChI is InChI=1S/C16H23N3/c1-12-6-7-13(2)16(10-12)15(4)18-14(3)11-19-9-5-8-17-19/h5-10,14-15,18H,11H2,1-4H3. The topological polar surface area (TPSA) is 29.9 Å². The van der Waals surface area contributed by atoms with E-state index in [1.165, 1.54) is 16.7 Å². The zero-order chi connectivity index (χ0) is 13.8. The number of benzene rings is 1. The fourth-order valence-electron chi connectivity index (χ4n) is 2.48. The molecular weight excluding hydrogens is 234 g/mol. The Balaban J connectivity index is 2.00. The Bertz CT molecular complexity index is 517. The molecule has 2 rings (SSSR count). The van der Waals surface area contributed by atoms with E-state index in [0.717, 1.165) is 6.54 Å². The smallest absolute Gasteiger partial charge is 0.0560 e. The minimum atomic E-state index is 0.352. The van der Waals surface area contributed by atoms with Gasteiger partial charge in [0.05, 0.1) is 6.54 Å². The van der Waals surface area contributed by atoms with Crippen LogP contribution in [0, 0.1) is 13.8 Å². The lowest BCUT2D eigenvalue weighted by Crippen LogP contribution is -2.33. The summed E-state index contributed by atoms with van der Waals surface area (Å²) < 4.78 is 1.97. The van der Waals surface area contributed by atoms with E-state index in [1.807, 2.05) is 23.1 Å². The molecule has 0 saturated heterocycles. The van der Waals surface area contributed by atoms with Crippen LogP contribution in [0.4, 0.5) is 0 Å². The van der Waals surface area contributed by atoms with Crippen molar-refractivity contribution in [3.63, 3.8) is 0 Å². The van der Waals surface area contributed by atoms with Gasteiger partial charge in [-0.15, -0.1) is 0 Å². The molecule has 1 aromatic carbocycles. The molecule has 0 fully saturated rings. The van der Waals surface area contributed by atoms with Gasteiger partial charge in [0.1, 0.15) is 0 Å². The maximum absolute atomic E-state index is 4.24. The first-order valence-corrected chi connectivity index (χ1v) is 6.87. The maximum Gasteiger partial charge on any atom is 0.0560 e. The van der Waals surface area contributed by atoms with Gasteiger partial charge in [0.15, 0.2) is 0 Å². The highest BCUT2D eigenvalue weighted by Gasteiger charge is 2.12. The number of hydrogen-bond donors (Lipinski definition) is 1. The third kappa shape index (κ3) is 3.67. The molecule has 1 heterocycles. The number of nitrogens with zero attached hydrogens (tertiary/aromatic N) is 2. The fourth-order valence-corrected chi connectivity index (χ4v) is 2.48. The predicted octanol–water partition coefficient (Wildman–Crippen LogP) is 3.24. The Morgan fingerprint density at radius 1 is 1.26 bits per heavy atom. The molecule has 0 amide bonds. The van der Waals surface area contributed by atoms with Gasteiger partial charge in [-0.3, -0.25) is 4.68 Å². The van der Waals surface area contributed by atoms with E-state index in [-0.39, 0.29) is 0 Å². The van der Waals surface area contributed by atoms with Crippen molar-refractivity contribution in [2.75, 3.05) is 0 Å². The van der Waals surface area contributed by atoms with E-state index < -0.39 is 0 Å². The molecular formula is C16H23N3. The van der Waals surface area contributed by atoms with Crippen molar-refractivity contribution < 1.29 is 0 Å². The highest BCUT2D eigenvalue weighted by Crippen LogP contribution is 2.19. The summed E-state index contributed by atoms with van der Waals surface area (Å²) in [6.07, 6.45) is 3.82. The summed E-state index contributed by atoms with van der Waals surface area (Å²) in [4.78, 5) is 0. The van der Waals surface area contributed by atoms with Gasteiger partial charge in [0.2, 0.25) is 0 Å². The van der Waals surface area contributed by atoms with Crippen molar-refractivity contribution in [1.82, 2.24) is 15.1 Å². The molecule has 0 radical (unpaired) electrons. The summed E-state index contributed by atoms with van der Waals surface area (Å²) in [5.74, 6) is 0. The van der Waals surface area contributed by atoms with Crippen LogP contribution in [0.1, 0.15) is 36.6 Å². The second-order valence-corrected chi connectivity index (χ2v) is 5.38. The average molecular weight is 257 g/mol. The van der Waals surface area contributed by atoms with Crippen molar-refractivity contribution in [3.05, 3.63) is 53.3 Å². The molecule has 1 N–H and O–H groups in total. The summed E-state index contributed by atoms with van der Waals surface area (Å²) in [5, 5.41) is 7.89. The van der Waals surface area contributed by atoms with Crippen LogP contribution in [0.2, 0.25) is 0 Å². The van der Waals surface area contributed by atoms with Gasteiger partial charge in [-0.1, -0.05) is 23.8 Å². The average Bonchev–Trinajstić information content (AvgIpc) is 2.84. The first kappa shape index (κ1) is 13.8. The molecule has 0 spiro atoms. The molecule has 3 heteroatoms. The number of hydrogen-bond acceptors (Lipinski definition) is 2. The summed E-state index contributed by atoms with van der Waals surface area (Å²) in [6.45, 7) is 9.63. The lowest BCUT2D eigenvalue weighted by atomic mass is 9.99. The number of rotatable bonds is 5. The van der Waals surface area contributed by atoms with E-state index in [0.29, 0.717) is 12.1 Å². The normalized spacial score (nSPS) is 14.3. The van der Waals surface area contributed by atoms with Crippen molar-refractivity contribution in [2.45, 2.75) is 46.3 Å². The van der Waals surface area contributed by atoms with Crippen LogP contribution < -0.4 is 5.32 Å². The van der Waals surface area contributed by atoms with Crippen molar-refractivity contribution in [3.8, 4) is 0 Å². The molecule has 2 atom stereocenters. The third-order valence-electron chi connectivity index (χ3n) is 3.46. The quantitative estimate of drug-likeness (QED) is 0.891. The molecule has 0 aliphatic heterocycles. The van der Waals surface area contributed by atoms with Crippen molar-refractivity contribution in [1.29, 1.82) is 0 Å². The minimum Gasteiger partial charge on any atom is -0.306 e. The van der Waals surface area contributed by atoms with Gasteiger partial charge in [0.25, 0.3) is 0 Å². The first-order chi connectivity index (χ1) is 9.06. The molecule has 2 aromatic rings. The molecule has 1 aromatic heterocycles. The molecule has 0 bridgehead atoms. The third-order valence-corrected chi connectivity index (χ3v) is 3.46. The van der Waals surface area contributed by atoms with E-state index in [9.17, 15) is 0 Å². The Morgan fingerprint density at radius 3 is 2.74 bits per heavy atom. The van der Waals surface area contributed by atoms with Crippen LogP contribution >= 0.6 is 0 Å². The molecule has 0 aliphatic carbocycles. The summed E-state index contributed by atoms with van der Waals surface area (Å²) in [5.41, 5.74) is 4.04. The van der Waals surface area contributed by atoms with E-state index >= 15 is 0 Å². The Morgan fingerprint density at radius 2 is 2.05 bits per heavy atom. The summed E-state index contributed by atoms with van der Waals surface area (Å²) >= 11 is 0. The van der Waals surface area contributed by atoms with Crippen LogP contribution in [-0.2, 0) is 6.54 Å². The Hall–Kier alpha value is -1.61. The molecule has 19 heavy (non-hydrogen) atoms. The second-order valence-electron chi connectivity index (χ2n) is 5.38. The van der Waals surface area contributed by atoms with Gasteiger partial charge in [-0.25, -0.2) is 0 Å². The zero-order valence-electron chi connectivity index (χ0n) is 12.2. The minimum absolute atomic E-state index is 0.352. The van der Waals surface area contributed by atoms with Crippen LogP contribution in [0.15, 0.2) is 36.7 Å².